The Bertz CT molecular complexity index is 1400. The van der Waals surface area contributed by atoms with E-state index in [2.05, 4.69) is 43.5 Å². The summed E-state index contributed by atoms with van der Waals surface area (Å²) in [5.41, 5.74) is 4.40. The Kier molecular flexibility index (Phi) is 9.10. The van der Waals surface area contributed by atoms with Gasteiger partial charge in [0.2, 0.25) is 5.91 Å². The number of ether oxygens (including phenoxy) is 2. The number of piperazine rings is 1. The van der Waals surface area contributed by atoms with E-state index in [-0.39, 0.29) is 23.7 Å². The molecule has 6 rings (SSSR count). The van der Waals surface area contributed by atoms with Crippen molar-refractivity contribution >= 4 is 28.9 Å². The number of methoxy groups -OCH3 is 1. The molecule has 0 spiro atoms. The van der Waals surface area contributed by atoms with Gasteiger partial charge in [-0.2, -0.15) is 0 Å². The molecular formula is C34H41N5O4. The third-order valence-electron chi connectivity index (χ3n) is 8.73. The van der Waals surface area contributed by atoms with Crippen LogP contribution in [0.1, 0.15) is 28.3 Å². The van der Waals surface area contributed by atoms with Crippen LogP contribution < -0.4 is 25.2 Å². The maximum Gasteiger partial charge on any atom is 0.253 e. The first-order valence-electron chi connectivity index (χ1n) is 15.3. The molecule has 43 heavy (non-hydrogen) atoms. The molecule has 2 atom stereocenters. The number of hydrogen-bond acceptors (Lipinski definition) is 7. The van der Waals surface area contributed by atoms with E-state index in [1.807, 2.05) is 54.6 Å². The molecule has 2 heterocycles. The zero-order chi connectivity index (χ0) is 29.6. The molecule has 2 N–H and O–H groups in total. The Labute approximate surface area is 253 Å². The van der Waals surface area contributed by atoms with Crippen LogP contribution in [0.15, 0.2) is 72.8 Å². The third-order valence-corrected chi connectivity index (χ3v) is 8.73. The smallest absolute Gasteiger partial charge is 0.253 e. The predicted octanol–water partition coefficient (Wildman–Crippen LogP) is 3.83. The lowest BCUT2D eigenvalue weighted by atomic mass is 10.1. The number of morpholine rings is 1. The second-order valence-corrected chi connectivity index (χ2v) is 11.4. The summed E-state index contributed by atoms with van der Waals surface area (Å²) in [7, 11) is 1.70. The number of carbonyl (C=O) groups excluding carboxylic acids is 2. The van der Waals surface area contributed by atoms with Gasteiger partial charge in [0.15, 0.2) is 0 Å². The molecule has 0 aromatic heterocycles. The monoisotopic (exact) mass is 583 g/mol. The molecule has 226 valence electrons. The van der Waals surface area contributed by atoms with Crippen molar-refractivity contribution in [3.8, 4) is 5.75 Å². The van der Waals surface area contributed by atoms with Crippen molar-refractivity contribution in [3.63, 3.8) is 0 Å². The van der Waals surface area contributed by atoms with Crippen LogP contribution in [0.5, 0.6) is 5.75 Å². The summed E-state index contributed by atoms with van der Waals surface area (Å²) >= 11 is 0. The lowest BCUT2D eigenvalue weighted by molar-refractivity contribution is -0.117. The summed E-state index contributed by atoms with van der Waals surface area (Å²) in [4.78, 5) is 33.7. The van der Waals surface area contributed by atoms with E-state index in [0.29, 0.717) is 17.8 Å². The fraction of sp³-hybridized carbons (Fsp3) is 0.412. The third kappa shape index (κ3) is 6.95. The van der Waals surface area contributed by atoms with Crippen molar-refractivity contribution < 1.29 is 19.1 Å². The number of amides is 2. The minimum absolute atomic E-state index is 0.00528. The van der Waals surface area contributed by atoms with Gasteiger partial charge in [-0.15, -0.1) is 0 Å². The number of nitrogens with zero attached hydrogens (tertiary/aromatic N) is 3. The van der Waals surface area contributed by atoms with Crippen LogP contribution in [0, 0.1) is 5.92 Å². The molecule has 3 aromatic rings. The van der Waals surface area contributed by atoms with Gasteiger partial charge in [-0.1, -0.05) is 42.5 Å². The van der Waals surface area contributed by atoms with Crippen LogP contribution in [0.2, 0.25) is 0 Å². The average molecular weight is 584 g/mol. The van der Waals surface area contributed by atoms with Crippen molar-refractivity contribution in [3.05, 3.63) is 83.9 Å². The van der Waals surface area contributed by atoms with Crippen molar-refractivity contribution in [2.45, 2.75) is 12.3 Å². The molecule has 0 radical (unpaired) electrons. The number of benzene rings is 3. The first-order chi connectivity index (χ1) is 21.1. The van der Waals surface area contributed by atoms with Gasteiger partial charge in [0, 0.05) is 69.7 Å². The summed E-state index contributed by atoms with van der Waals surface area (Å²) < 4.78 is 11.0. The van der Waals surface area contributed by atoms with Gasteiger partial charge in [-0.25, -0.2) is 0 Å². The molecule has 9 heteroatoms. The molecular weight excluding hydrogens is 542 g/mol. The highest BCUT2D eigenvalue weighted by atomic mass is 16.5. The first-order valence-corrected chi connectivity index (χ1v) is 15.3. The van der Waals surface area contributed by atoms with Gasteiger partial charge in [0.25, 0.3) is 5.91 Å². The molecule has 0 bridgehead atoms. The first kappa shape index (κ1) is 29.0. The maximum absolute atomic E-state index is 13.6. The number of para-hydroxylation sites is 2. The van der Waals surface area contributed by atoms with E-state index in [9.17, 15) is 9.59 Å². The quantitative estimate of drug-likeness (QED) is 0.375. The second kappa shape index (κ2) is 13.5. The van der Waals surface area contributed by atoms with Crippen LogP contribution in [0.25, 0.3) is 0 Å². The Morgan fingerprint density at radius 1 is 0.860 bits per heavy atom. The largest absolute Gasteiger partial charge is 0.495 e. The molecule has 1 aliphatic carbocycles. The van der Waals surface area contributed by atoms with Crippen molar-refractivity contribution in [1.29, 1.82) is 0 Å². The molecule has 2 saturated heterocycles. The molecule has 2 unspecified atom stereocenters. The van der Waals surface area contributed by atoms with Crippen LogP contribution in [-0.4, -0.2) is 89.4 Å². The SMILES string of the molecule is COc1ccccc1N1CCN(c2ccc(NC(=O)C3CC3c3ccccc3)cc2C(=O)NCCN2CCOCC2)CC1. The zero-order valence-electron chi connectivity index (χ0n) is 24.8. The summed E-state index contributed by atoms with van der Waals surface area (Å²) in [6.07, 6.45) is 0.847. The molecule has 3 fully saturated rings. The molecule has 3 aliphatic rings. The van der Waals surface area contributed by atoms with Gasteiger partial charge < -0.3 is 29.9 Å². The van der Waals surface area contributed by atoms with Crippen molar-refractivity contribution in [2.24, 2.45) is 5.92 Å². The molecule has 2 aliphatic heterocycles. The number of carbonyl (C=O) groups is 2. The van der Waals surface area contributed by atoms with Crippen LogP contribution >= 0.6 is 0 Å². The van der Waals surface area contributed by atoms with E-state index < -0.39 is 0 Å². The van der Waals surface area contributed by atoms with Gasteiger partial charge in [-0.3, -0.25) is 14.5 Å². The van der Waals surface area contributed by atoms with Gasteiger partial charge in [0.05, 0.1) is 31.6 Å². The number of hydrogen-bond donors (Lipinski definition) is 2. The fourth-order valence-corrected chi connectivity index (χ4v) is 6.19. The predicted molar refractivity (Wildman–Crippen MR) is 169 cm³/mol. The highest BCUT2D eigenvalue weighted by molar-refractivity contribution is 6.02. The minimum Gasteiger partial charge on any atom is -0.495 e. The summed E-state index contributed by atoms with van der Waals surface area (Å²) in [5.74, 6) is 0.950. The number of nitrogens with one attached hydrogen (secondary N) is 2. The number of rotatable bonds is 10. The second-order valence-electron chi connectivity index (χ2n) is 11.4. The van der Waals surface area contributed by atoms with Gasteiger partial charge >= 0.3 is 0 Å². The van der Waals surface area contributed by atoms with E-state index >= 15 is 0 Å². The molecule has 3 aromatic carbocycles. The maximum atomic E-state index is 13.6. The van der Waals surface area contributed by atoms with Gasteiger partial charge in [-0.05, 0) is 48.2 Å². The lowest BCUT2D eigenvalue weighted by Crippen LogP contribution is -2.47. The van der Waals surface area contributed by atoms with Crippen LogP contribution in [0.3, 0.4) is 0 Å². The average Bonchev–Trinajstić information content (AvgIpc) is 3.87. The van der Waals surface area contributed by atoms with E-state index in [0.717, 1.165) is 82.6 Å². The van der Waals surface area contributed by atoms with Crippen LogP contribution in [-0.2, 0) is 9.53 Å². The summed E-state index contributed by atoms with van der Waals surface area (Å²) in [6.45, 7) is 7.68. The van der Waals surface area contributed by atoms with Crippen molar-refractivity contribution in [1.82, 2.24) is 10.2 Å². The van der Waals surface area contributed by atoms with Crippen molar-refractivity contribution in [2.75, 3.05) is 87.8 Å². The topological polar surface area (TPSA) is 86.4 Å². The fourth-order valence-electron chi connectivity index (χ4n) is 6.19. The minimum atomic E-state index is -0.125. The van der Waals surface area contributed by atoms with Crippen LogP contribution in [0.4, 0.5) is 17.1 Å². The van der Waals surface area contributed by atoms with E-state index in [4.69, 9.17) is 9.47 Å². The Balaban J connectivity index is 1.15. The van der Waals surface area contributed by atoms with E-state index in [1.165, 1.54) is 5.56 Å². The Morgan fingerprint density at radius 2 is 1.56 bits per heavy atom. The Hall–Kier alpha value is -4.08. The highest BCUT2D eigenvalue weighted by Crippen LogP contribution is 2.48. The molecule has 1 saturated carbocycles. The molecule has 2 amide bonds. The normalized spacial score (nSPS) is 20.4. The van der Waals surface area contributed by atoms with Gasteiger partial charge in [0.1, 0.15) is 5.75 Å². The number of anilines is 3. The van der Waals surface area contributed by atoms with E-state index in [1.54, 1.807) is 7.11 Å². The summed E-state index contributed by atoms with van der Waals surface area (Å²) in [6, 6.07) is 24.0. The standard InChI is InChI=1S/C34H41N5O4/c1-42-32-10-6-5-9-31(32)39-17-15-38(16-18-39)30-12-11-26(36-34(41)28-24-27(28)25-7-3-2-4-8-25)23-29(30)33(40)35-13-14-37-19-21-43-22-20-37/h2-12,23,27-28H,13-22,24H2,1H3,(H,35,40)(H,36,41). The zero-order valence-corrected chi connectivity index (χ0v) is 24.8. The molecule has 9 nitrogen and oxygen atoms in total. The lowest BCUT2D eigenvalue weighted by Gasteiger charge is -2.38. The summed E-state index contributed by atoms with van der Waals surface area (Å²) in [5, 5.41) is 6.23. The highest BCUT2D eigenvalue weighted by Gasteiger charge is 2.43. The Morgan fingerprint density at radius 3 is 2.30 bits per heavy atom.